The summed E-state index contributed by atoms with van der Waals surface area (Å²) in [5.74, 6) is 0. The molecule has 0 amide bonds. The van der Waals surface area contributed by atoms with Crippen molar-refractivity contribution in [3.05, 3.63) is 0 Å². The number of piperazine rings is 1. The molecule has 4 unspecified atom stereocenters. The summed E-state index contributed by atoms with van der Waals surface area (Å²) in [7, 11) is 1.87. The molecule has 3 fully saturated rings. The lowest BCUT2D eigenvalue weighted by Gasteiger charge is -2.45. The Morgan fingerprint density at radius 3 is 2.71 bits per heavy atom. The van der Waals surface area contributed by atoms with Gasteiger partial charge in [0.05, 0.1) is 6.10 Å². The molecule has 1 aliphatic carbocycles. The lowest BCUT2D eigenvalue weighted by Crippen LogP contribution is -2.57. The molecule has 3 rings (SSSR count). The zero-order valence-corrected chi connectivity index (χ0v) is 11.3. The average Bonchev–Trinajstić information content (AvgIpc) is 2.94. The molecule has 0 bridgehead atoms. The molecule has 2 saturated heterocycles. The van der Waals surface area contributed by atoms with Crippen LogP contribution in [-0.2, 0) is 4.74 Å². The van der Waals surface area contributed by atoms with Crippen LogP contribution in [0.5, 0.6) is 0 Å². The van der Waals surface area contributed by atoms with Gasteiger partial charge in [0.1, 0.15) is 0 Å². The summed E-state index contributed by atoms with van der Waals surface area (Å²) in [5.41, 5.74) is 0. The molecule has 3 nitrogen and oxygen atoms in total. The lowest BCUT2D eigenvalue weighted by molar-refractivity contribution is 0.0223. The van der Waals surface area contributed by atoms with Crippen LogP contribution < -0.4 is 0 Å². The van der Waals surface area contributed by atoms with Crippen molar-refractivity contribution in [3.63, 3.8) is 0 Å². The highest BCUT2D eigenvalue weighted by molar-refractivity contribution is 4.95. The van der Waals surface area contributed by atoms with E-state index in [1.54, 1.807) is 0 Å². The van der Waals surface area contributed by atoms with Crippen LogP contribution in [0.1, 0.15) is 39.0 Å². The van der Waals surface area contributed by atoms with Gasteiger partial charge in [0.25, 0.3) is 0 Å². The Morgan fingerprint density at radius 2 is 1.94 bits per heavy atom. The highest BCUT2D eigenvalue weighted by Crippen LogP contribution is 2.32. The summed E-state index contributed by atoms with van der Waals surface area (Å²) in [5, 5.41) is 0. The molecule has 0 spiro atoms. The van der Waals surface area contributed by atoms with E-state index >= 15 is 0 Å². The first-order valence-corrected chi connectivity index (χ1v) is 7.30. The van der Waals surface area contributed by atoms with Crippen LogP contribution in [0, 0.1) is 0 Å². The van der Waals surface area contributed by atoms with E-state index in [0.717, 1.165) is 18.1 Å². The van der Waals surface area contributed by atoms with E-state index in [0.29, 0.717) is 6.10 Å². The minimum Gasteiger partial charge on any atom is -0.381 e. The molecule has 4 atom stereocenters. The Labute approximate surface area is 105 Å². The Bertz CT molecular complexity index is 271. The summed E-state index contributed by atoms with van der Waals surface area (Å²) in [6, 6.07) is 2.38. The van der Waals surface area contributed by atoms with Gasteiger partial charge in [0.15, 0.2) is 0 Å². The number of methoxy groups -OCH3 is 1. The van der Waals surface area contributed by atoms with Crippen molar-refractivity contribution in [1.82, 2.24) is 9.80 Å². The normalized spacial score (nSPS) is 44.1. The van der Waals surface area contributed by atoms with Crippen molar-refractivity contribution in [3.8, 4) is 0 Å². The Balaban J connectivity index is 1.63. The zero-order valence-electron chi connectivity index (χ0n) is 11.3. The number of ether oxygens (including phenoxy) is 1. The second kappa shape index (κ2) is 4.87. The molecule has 0 aromatic carbocycles. The zero-order chi connectivity index (χ0) is 11.8. The first kappa shape index (κ1) is 11.9. The monoisotopic (exact) mass is 238 g/mol. The van der Waals surface area contributed by atoms with Crippen molar-refractivity contribution in [2.45, 2.75) is 63.3 Å². The van der Waals surface area contributed by atoms with Gasteiger partial charge in [-0.3, -0.25) is 9.80 Å². The molecule has 1 saturated carbocycles. The predicted molar refractivity (Wildman–Crippen MR) is 69.2 cm³/mol. The van der Waals surface area contributed by atoms with Gasteiger partial charge >= 0.3 is 0 Å². The minimum atomic E-state index is 0.522. The van der Waals surface area contributed by atoms with E-state index in [1.807, 2.05) is 7.11 Å². The number of rotatable bonds is 2. The summed E-state index contributed by atoms with van der Waals surface area (Å²) in [6.45, 7) is 6.35. The van der Waals surface area contributed by atoms with E-state index < -0.39 is 0 Å². The fraction of sp³-hybridized carbons (Fsp3) is 1.00. The second-order valence-electron chi connectivity index (χ2n) is 6.16. The van der Waals surface area contributed by atoms with Gasteiger partial charge in [0, 0.05) is 38.3 Å². The SMILES string of the molecule is COC1CCC(N2CC3CCCN3CC2C)C1. The molecule has 0 aromatic rings. The van der Waals surface area contributed by atoms with Crippen molar-refractivity contribution in [2.24, 2.45) is 0 Å². The van der Waals surface area contributed by atoms with Crippen LogP contribution in [0.2, 0.25) is 0 Å². The Morgan fingerprint density at radius 1 is 1.06 bits per heavy atom. The predicted octanol–water partition coefficient (Wildman–Crippen LogP) is 1.72. The highest BCUT2D eigenvalue weighted by atomic mass is 16.5. The van der Waals surface area contributed by atoms with Crippen LogP contribution in [0.3, 0.4) is 0 Å². The van der Waals surface area contributed by atoms with Crippen molar-refractivity contribution in [1.29, 1.82) is 0 Å². The largest absolute Gasteiger partial charge is 0.381 e. The van der Waals surface area contributed by atoms with E-state index in [2.05, 4.69) is 16.7 Å². The summed E-state index contributed by atoms with van der Waals surface area (Å²) >= 11 is 0. The standard InChI is InChI=1S/C14H26N2O/c1-11-9-15-7-3-4-13(15)10-16(11)12-5-6-14(8-12)17-2/h11-14H,3-10H2,1-2H3. The maximum atomic E-state index is 5.52. The quantitative estimate of drug-likeness (QED) is 0.728. The molecule has 2 heterocycles. The third-order valence-corrected chi connectivity index (χ3v) is 5.14. The van der Waals surface area contributed by atoms with Gasteiger partial charge in [-0.05, 0) is 45.6 Å². The second-order valence-corrected chi connectivity index (χ2v) is 6.16. The van der Waals surface area contributed by atoms with Gasteiger partial charge in [0.2, 0.25) is 0 Å². The Kier molecular flexibility index (Phi) is 3.42. The molecule has 17 heavy (non-hydrogen) atoms. The third-order valence-electron chi connectivity index (χ3n) is 5.14. The molecule has 0 N–H and O–H groups in total. The number of hydrogen-bond acceptors (Lipinski definition) is 3. The minimum absolute atomic E-state index is 0.522. The van der Waals surface area contributed by atoms with E-state index in [1.165, 1.54) is 51.7 Å². The molecule has 0 radical (unpaired) electrons. The number of nitrogens with zero attached hydrogens (tertiary/aromatic N) is 2. The third kappa shape index (κ3) is 2.25. The molecule has 98 valence electrons. The molecular formula is C14H26N2O. The number of hydrogen-bond donors (Lipinski definition) is 0. The lowest BCUT2D eigenvalue weighted by atomic mass is 10.0. The first-order chi connectivity index (χ1) is 8.28. The molecular weight excluding hydrogens is 212 g/mol. The van der Waals surface area contributed by atoms with Crippen LogP contribution >= 0.6 is 0 Å². The van der Waals surface area contributed by atoms with Crippen LogP contribution in [0.25, 0.3) is 0 Å². The molecule has 3 heteroatoms. The average molecular weight is 238 g/mol. The maximum Gasteiger partial charge on any atom is 0.0586 e. The van der Waals surface area contributed by atoms with Gasteiger partial charge in [-0.1, -0.05) is 0 Å². The van der Waals surface area contributed by atoms with Crippen molar-refractivity contribution >= 4 is 0 Å². The van der Waals surface area contributed by atoms with Crippen LogP contribution in [0.4, 0.5) is 0 Å². The first-order valence-electron chi connectivity index (χ1n) is 7.30. The smallest absolute Gasteiger partial charge is 0.0586 e. The summed E-state index contributed by atoms with van der Waals surface area (Å²) in [4.78, 5) is 5.50. The van der Waals surface area contributed by atoms with Crippen LogP contribution in [0.15, 0.2) is 0 Å². The molecule has 2 aliphatic heterocycles. The van der Waals surface area contributed by atoms with Gasteiger partial charge in [-0.2, -0.15) is 0 Å². The van der Waals surface area contributed by atoms with E-state index in [4.69, 9.17) is 4.74 Å². The fourth-order valence-corrected chi connectivity index (χ4v) is 4.15. The van der Waals surface area contributed by atoms with Gasteiger partial charge in [-0.25, -0.2) is 0 Å². The topological polar surface area (TPSA) is 15.7 Å². The van der Waals surface area contributed by atoms with E-state index in [-0.39, 0.29) is 0 Å². The van der Waals surface area contributed by atoms with Crippen LogP contribution in [-0.4, -0.2) is 60.8 Å². The summed E-state index contributed by atoms with van der Waals surface area (Å²) in [6.07, 6.45) is 7.22. The molecule has 0 aromatic heterocycles. The van der Waals surface area contributed by atoms with Gasteiger partial charge in [-0.15, -0.1) is 0 Å². The summed E-state index contributed by atoms with van der Waals surface area (Å²) < 4.78 is 5.52. The maximum absolute atomic E-state index is 5.52. The van der Waals surface area contributed by atoms with Crippen molar-refractivity contribution in [2.75, 3.05) is 26.7 Å². The van der Waals surface area contributed by atoms with Gasteiger partial charge < -0.3 is 4.74 Å². The fourth-order valence-electron chi connectivity index (χ4n) is 4.15. The Hall–Kier alpha value is -0.120. The number of fused-ring (bicyclic) bond motifs is 1. The molecule has 3 aliphatic rings. The van der Waals surface area contributed by atoms with E-state index in [9.17, 15) is 0 Å². The van der Waals surface area contributed by atoms with Crippen molar-refractivity contribution < 1.29 is 4.74 Å². The highest BCUT2D eigenvalue weighted by Gasteiger charge is 2.39.